The van der Waals surface area contributed by atoms with Gasteiger partial charge in [-0.3, -0.25) is 9.59 Å². The van der Waals surface area contributed by atoms with Crippen molar-refractivity contribution in [3.05, 3.63) is 77.5 Å². The van der Waals surface area contributed by atoms with E-state index in [0.29, 0.717) is 29.1 Å². The van der Waals surface area contributed by atoms with Crippen molar-refractivity contribution in [3.8, 4) is 16.9 Å². The minimum absolute atomic E-state index is 0.0444. The van der Waals surface area contributed by atoms with Gasteiger partial charge in [-0.25, -0.2) is 4.98 Å². The zero-order valence-electron chi connectivity index (χ0n) is 16.8. The zero-order chi connectivity index (χ0) is 21.1. The number of ether oxygens (including phenoxy) is 1. The Hall–Kier alpha value is -3.12. The molecule has 5 nitrogen and oxygen atoms in total. The van der Waals surface area contributed by atoms with Crippen molar-refractivity contribution < 1.29 is 14.3 Å². The van der Waals surface area contributed by atoms with Gasteiger partial charge >= 0.3 is 0 Å². The lowest BCUT2D eigenvalue weighted by Gasteiger charge is -2.12. The molecule has 1 aromatic heterocycles. The summed E-state index contributed by atoms with van der Waals surface area (Å²) in [5.74, 6) is 0.718. The Balaban J connectivity index is 1.46. The number of aromatic nitrogens is 1. The molecule has 0 spiro atoms. The first-order chi connectivity index (χ1) is 14.6. The molecule has 2 heterocycles. The fraction of sp³-hybridized carbons (Fsp3) is 0.208. The van der Waals surface area contributed by atoms with Crippen molar-refractivity contribution in [1.82, 2.24) is 10.3 Å². The molecule has 4 rings (SSSR count). The topological polar surface area (TPSA) is 68.3 Å². The van der Waals surface area contributed by atoms with Crippen LogP contribution < -0.4 is 10.1 Å². The molecule has 1 unspecified atom stereocenters. The Morgan fingerprint density at radius 1 is 1.13 bits per heavy atom. The van der Waals surface area contributed by atoms with Crippen LogP contribution in [0.3, 0.4) is 0 Å². The van der Waals surface area contributed by atoms with Crippen molar-refractivity contribution in [2.75, 3.05) is 12.8 Å². The lowest BCUT2D eigenvalue weighted by Crippen LogP contribution is -2.34. The summed E-state index contributed by atoms with van der Waals surface area (Å²) >= 11 is 1.45. The molecule has 0 bridgehead atoms. The van der Waals surface area contributed by atoms with Gasteiger partial charge in [-0.2, -0.15) is 0 Å². The van der Waals surface area contributed by atoms with Crippen LogP contribution in [0.25, 0.3) is 11.1 Å². The van der Waals surface area contributed by atoms with Gasteiger partial charge in [-0.1, -0.05) is 30.3 Å². The van der Waals surface area contributed by atoms with Gasteiger partial charge < -0.3 is 10.1 Å². The summed E-state index contributed by atoms with van der Waals surface area (Å²) in [5, 5.41) is 3.67. The highest BCUT2D eigenvalue weighted by Gasteiger charge is 2.24. The maximum atomic E-state index is 12.5. The minimum atomic E-state index is -0.150. The van der Waals surface area contributed by atoms with E-state index < -0.39 is 0 Å². The quantitative estimate of drug-likeness (QED) is 0.474. The molecule has 0 saturated carbocycles. The highest BCUT2D eigenvalue weighted by molar-refractivity contribution is 7.98. The predicted molar refractivity (Wildman–Crippen MR) is 118 cm³/mol. The van der Waals surface area contributed by atoms with Gasteiger partial charge in [0, 0.05) is 18.2 Å². The molecule has 1 N–H and O–H groups in total. The van der Waals surface area contributed by atoms with Crippen LogP contribution in [0.1, 0.15) is 33.2 Å². The molecule has 3 aromatic rings. The highest BCUT2D eigenvalue weighted by atomic mass is 32.2. The Morgan fingerprint density at radius 2 is 1.93 bits per heavy atom. The maximum absolute atomic E-state index is 12.5. The van der Waals surface area contributed by atoms with Crippen LogP contribution in [0.4, 0.5) is 0 Å². The van der Waals surface area contributed by atoms with Crippen molar-refractivity contribution in [2.24, 2.45) is 0 Å². The first kappa shape index (κ1) is 20.2. The number of rotatable bonds is 6. The largest absolute Gasteiger partial charge is 0.488 e. The molecule has 6 heteroatoms. The van der Waals surface area contributed by atoms with Gasteiger partial charge in [-0.05, 0) is 54.1 Å². The maximum Gasteiger partial charge on any atom is 0.254 e. The van der Waals surface area contributed by atoms with Crippen molar-refractivity contribution in [1.29, 1.82) is 0 Å². The average molecular weight is 419 g/mol. The van der Waals surface area contributed by atoms with Gasteiger partial charge in [0.1, 0.15) is 16.9 Å². The number of carbonyl (C=O) groups excluding carboxylic acids is 2. The van der Waals surface area contributed by atoms with Crippen molar-refractivity contribution in [2.45, 2.75) is 24.5 Å². The number of nitrogens with zero attached hydrogens (tertiary/aromatic N) is 1. The van der Waals surface area contributed by atoms with E-state index in [1.807, 2.05) is 42.7 Å². The second kappa shape index (κ2) is 8.71. The summed E-state index contributed by atoms with van der Waals surface area (Å²) < 4.78 is 6.02. The molecule has 1 aliphatic heterocycles. The first-order valence-electron chi connectivity index (χ1n) is 9.74. The molecule has 0 aliphatic carbocycles. The Bertz CT molecular complexity index is 1110. The van der Waals surface area contributed by atoms with E-state index in [1.165, 1.54) is 11.8 Å². The fourth-order valence-electron chi connectivity index (χ4n) is 3.67. The van der Waals surface area contributed by atoms with Crippen molar-refractivity contribution >= 4 is 23.5 Å². The molecule has 1 aliphatic rings. The summed E-state index contributed by atoms with van der Waals surface area (Å²) in [6.07, 6.45) is 4.16. The third kappa shape index (κ3) is 4.09. The number of carbonyl (C=O) groups is 2. The third-order valence-electron chi connectivity index (χ3n) is 5.12. The van der Waals surface area contributed by atoms with Gasteiger partial charge in [0.25, 0.3) is 5.91 Å². The van der Waals surface area contributed by atoms with Gasteiger partial charge in [0.15, 0.2) is 5.78 Å². The van der Waals surface area contributed by atoms with Crippen LogP contribution in [-0.2, 0) is 6.42 Å². The summed E-state index contributed by atoms with van der Waals surface area (Å²) in [6, 6.07) is 17.1. The number of hydrogen-bond acceptors (Lipinski definition) is 5. The van der Waals surface area contributed by atoms with E-state index in [1.54, 1.807) is 25.3 Å². The lowest BCUT2D eigenvalue weighted by molar-refractivity contribution is 0.0929. The number of hydrogen-bond donors (Lipinski definition) is 1. The molecule has 2 aromatic carbocycles. The summed E-state index contributed by atoms with van der Waals surface area (Å²) in [4.78, 5) is 28.7. The van der Waals surface area contributed by atoms with Crippen LogP contribution in [0.15, 0.2) is 65.8 Å². The zero-order valence-corrected chi connectivity index (χ0v) is 17.7. The molecule has 30 heavy (non-hydrogen) atoms. The molecule has 1 amide bonds. The van der Waals surface area contributed by atoms with E-state index in [4.69, 9.17) is 4.74 Å². The SMILES string of the molecule is CSc1ncccc1C(=O)NCC1Cc2cc(-c3ccccc3C(C)=O)ccc2O1. The molecule has 1 atom stereocenters. The van der Waals surface area contributed by atoms with Crippen LogP contribution in [0, 0.1) is 0 Å². The van der Waals surface area contributed by atoms with Crippen LogP contribution >= 0.6 is 11.8 Å². The van der Waals surface area contributed by atoms with Crippen LogP contribution in [-0.4, -0.2) is 35.6 Å². The number of pyridine rings is 1. The normalized spacial score (nSPS) is 14.7. The van der Waals surface area contributed by atoms with Gasteiger partial charge in [-0.15, -0.1) is 11.8 Å². The third-order valence-corrected chi connectivity index (χ3v) is 5.83. The number of amides is 1. The van der Waals surface area contributed by atoms with E-state index in [0.717, 1.165) is 22.4 Å². The van der Waals surface area contributed by atoms with Gasteiger partial charge in [0.2, 0.25) is 0 Å². The highest BCUT2D eigenvalue weighted by Crippen LogP contribution is 2.34. The van der Waals surface area contributed by atoms with Crippen LogP contribution in [0.2, 0.25) is 0 Å². The molecule has 0 fully saturated rings. The van der Waals surface area contributed by atoms with E-state index in [9.17, 15) is 9.59 Å². The van der Waals surface area contributed by atoms with E-state index in [-0.39, 0.29) is 17.8 Å². The van der Waals surface area contributed by atoms with E-state index >= 15 is 0 Å². The second-order valence-corrected chi connectivity index (χ2v) is 7.93. The standard InChI is InChI=1S/C24H22N2O3S/c1-15(27)19-6-3-4-7-20(19)16-9-10-22-17(12-16)13-18(29-22)14-26-23(28)21-8-5-11-25-24(21)30-2/h3-12,18H,13-14H2,1-2H3,(H,26,28). The number of benzene rings is 2. The number of fused-ring (bicyclic) bond motifs is 1. The summed E-state index contributed by atoms with van der Waals surface area (Å²) in [7, 11) is 0. The molecular formula is C24H22N2O3S. The number of nitrogens with one attached hydrogen (secondary N) is 1. The number of Topliss-reactive ketones (excluding diaryl/α,β-unsaturated/α-hetero) is 1. The second-order valence-electron chi connectivity index (χ2n) is 7.14. The fourth-order valence-corrected chi connectivity index (χ4v) is 4.22. The lowest BCUT2D eigenvalue weighted by atomic mass is 9.95. The minimum Gasteiger partial charge on any atom is -0.488 e. The first-order valence-corrected chi connectivity index (χ1v) is 11.0. The van der Waals surface area contributed by atoms with E-state index in [2.05, 4.69) is 16.4 Å². The average Bonchev–Trinajstić information content (AvgIpc) is 3.19. The smallest absolute Gasteiger partial charge is 0.254 e. The molecular weight excluding hydrogens is 396 g/mol. The molecule has 0 radical (unpaired) electrons. The monoisotopic (exact) mass is 418 g/mol. The Labute approximate surface area is 179 Å². The van der Waals surface area contributed by atoms with Gasteiger partial charge in [0.05, 0.1) is 12.1 Å². The molecule has 152 valence electrons. The summed E-state index contributed by atoms with van der Waals surface area (Å²) in [6.45, 7) is 1.99. The van der Waals surface area contributed by atoms with Crippen molar-refractivity contribution in [3.63, 3.8) is 0 Å². The number of thioether (sulfide) groups is 1. The number of ketones is 1. The predicted octanol–water partition coefficient (Wildman–Crippen LogP) is 4.41. The Kier molecular flexibility index (Phi) is 5.86. The molecule has 0 saturated heterocycles. The summed E-state index contributed by atoms with van der Waals surface area (Å²) in [5.41, 5.74) is 4.28. The Morgan fingerprint density at radius 3 is 2.73 bits per heavy atom. The van der Waals surface area contributed by atoms with Crippen LogP contribution in [0.5, 0.6) is 5.75 Å².